The molecule has 1 aliphatic heterocycles. The number of hydrogen-bond acceptors (Lipinski definition) is 9. The van der Waals surface area contributed by atoms with Crippen molar-refractivity contribution in [2.24, 2.45) is 5.73 Å². The monoisotopic (exact) mass is 447 g/mol. The van der Waals surface area contributed by atoms with Crippen LogP contribution < -0.4 is 17.0 Å². The third kappa shape index (κ3) is 6.07. The summed E-state index contributed by atoms with van der Waals surface area (Å²) >= 11 is 0. The van der Waals surface area contributed by atoms with Gasteiger partial charge in [0.25, 0.3) is 5.56 Å². The summed E-state index contributed by atoms with van der Waals surface area (Å²) in [6.07, 6.45) is -7.41. The molecule has 1 amide bonds. The lowest BCUT2D eigenvalue weighted by atomic mass is 10.1. The fourth-order valence-electron chi connectivity index (χ4n) is 2.41. The van der Waals surface area contributed by atoms with Crippen molar-refractivity contribution in [3.05, 3.63) is 33.1 Å². The van der Waals surface area contributed by atoms with Crippen LogP contribution in [-0.4, -0.2) is 60.1 Å². The summed E-state index contributed by atoms with van der Waals surface area (Å²) in [5.41, 5.74) is 3.09. The molecule has 7 N–H and O–H groups in total. The standard InChI is InChI=1S/C10H15N3O13P2/c11-9(15)25-7-6(26-28(20,21)22)4(3-23-27(17,18)19)24-8(7)13-2-1-5(14)12-10(13)16/h1-2,4,6-8H,3H2,(H2,11,15)(H,12,14,16)(H2,17,18,19)(H2,20,21,22)/t4-,6-,7-,8-/m1/s1. The number of phosphoric acid groups is 2. The van der Waals surface area contributed by atoms with Crippen LogP contribution in [0.4, 0.5) is 4.79 Å². The normalized spacial score (nSPS) is 25.6. The Hall–Kier alpha value is -1.87. The minimum atomic E-state index is -5.24. The first-order valence-corrected chi connectivity index (χ1v) is 10.2. The highest BCUT2D eigenvalue weighted by Crippen LogP contribution is 2.46. The summed E-state index contributed by atoms with van der Waals surface area (Å²) in [5, 5.41) is 0. The molecule has 2 heterocycles. The minimum Gasteiger partial charge on any atom is -0.439 e. The van der Waals surface area contributed by atoms with E-state index in [2.05, 4.69) is 9.05 Å². The first-order chi connectivity index (χ1) is 12.8. The number of primary amides is 1. The molecule has 1 aliphatic rings. The van der Waals surface area contributed by atoms with Crippen LogP contribution in [0.15, 0.2) is 21.9 Å². The molecule has 0 spiro atoms. The maximum Gasteiger partial charge on any atom is 0.470 e. The number of rotatable bonds is 7. The molecule has 0 bridgehead atoms. The molecule has 0 radical (unpaired) electrons. The van der Waals surface area contributed by atoms with Gasteiger partial charge in [-0.05, 0) is 0 Å². The van der Waals surface area contributed by atoms with E-state index in [1.807, 2.05) is 4.98 Å². The Morgan fingerprint density at radius 2 is 1.86 bits per heavy atom. The molecule has 0 unspecified atom stereocenters. The van der Waals surface area contributed by atoms with Crippen molar-refractivity contribution in [2.45, 2.75) is 24.5 Å². The van der Waals surface area contributed by atoms with E-state index in [1.165, 1.54) is 0 Å². The van der Waals surface area contributed by atoms with Crippen LogP contribution in [0.1, 0.15) is 6.23 Å². The molecule has 1 fully saturated rings. The van der Waals surface area contributed by atoms with Gasteiger partial charge < -0.3 is 34.8 Å². The molecule has 2 rings (SSSR count). The summed E-state index contributed by atoms with van der Waals surface area (Å²) in [6.45, 7) is -0.970. The van der Waals surface area contributed by atoms with Gasteiger partial charge in [0, 0.05) is 12.3 Å². The van der Waals surface area contributed by atoms with Crippen molar-refractivity contribution in [1.29, 1.82) is 0 Å². The molecule has 16 nitrogen and oxygen atoms in total. The maximum absolute atomic E-state index is 12.0. The number of phosphoric ester groups is 2. The number of nitrogens with zero attached hydrogens (tertiary/aromatic N) is 1. The Labute approximate surface area is 154 Å². The van der Waals surface area contributed by atoms with Gasteiger partial charge in [-0.2, -0.15) is 0 Å². The number of nitrogens with two attached hydrogens (primary N) is 1. The third-order valence-electron chi connectivity index (χ3n) is 3.33. The Kier molecular flexibility index (Phi) is 6.60. The minimum absolute atomic E-state index is 0.683. The number of amides is 1. The van der Waals surface area contributed by atoms with E-state index in [9.17, 15) is 23.5 Å². The second kappa shape index (κ2) is 8.24. The average Bonchev–Trinajstić information content (AvgIpc) is 2.80. The zero-order chi connectivity index (χ0) is 21.3. The van der Waals surface area contributed by atoms with Crippen LogP contribution in [0.3, 0.4) is 0 Å². The highest BCUT2D eigenvalue weighted by Gasteiger charge is 2.52. The number of aromatic amines is 1. The number of H-pyrrole nitrogens is 1. The van der Waals surface area contributed by atoms with E-state index >= 15 is 0 Å². The number of nitrogens with one attached hydrogen (secondary N) is 1. The Morgan fingerprint density at radius 3 is 2.36 bits per heavy atom. The van der Waals surface area contributed by atoms with E-state index in [4.69, 9.17) is 34.8 Å². The fraction of sp³-hybridized carbons (Fsp3) is 0.500. The zero-order valence-corrected chi connectivity index (χ0v) is 15.3. The van der Waals surface area contributed by atoms with Gasteiger partial charge >= 0.3 is 27.4 Å². The van der Waals surface area contributed by atoms with E-state index in [0.717, 1.165) is 12.3 Å². The van der Waals surface area contributed by atoms with E-state index in [0.29, 0.717) is 4.57 Å². The van der Waals surface area contributed by atoms with E-state index < -0.39 is 64.1 Å². The van der Waals surface area contributed by atoms with Gasteiger partial charge in [0.1, 0.15) is 12.2 Å². The van der Waals surface area contributed by atoms with Crippen molar-refractivity contribution < 1.29 is 52.0 Å². The van der Waals surface area contributed by atoms with Crippen molar-refractivity contribution in [1.82, 2.24) is 9.55 Å². The van der Waals surface area contributed by atoms with Crippen molar-refractivity contribution in [2.75, 3.05) is 6.61 Å². The van der Waals surface area contributed by atoms with Crippen LogP contribution >= 0.6 is 15.6 Å². The Balaban J connectivity index is 2.46. The largest absolute Gasteiger partial charge is 0.470 e. The van der Waals surface area contributed by atoms with Crippen molar-refractivity contribution >= 4 is 21.7 Å². The van der Waals surface area contributed by atoms with Gasteiger partial charge in [-0.15, -0.1) is 0 Å². The molecule has 1 saturated heterocycles. The fourth-order valence-corrected chi connectivity index (χ4v) is 3.32. The molecule has 0 aliphatic carbocycles. The van der Waals surface area contributed by atoms with Crippen LogP contribution in [0.5, 0.6) is 0 Å². The number of aromatic nitrogens is 2. The van der Waals surface area contributed by atoms with Crippen LogP contribution in [-0.2, 0) is 27.7 Å². The number of hydrogen-bond donors (Lipinski definition) is 6. The predicted molar refractivity (Wildman–Crippen MR) is 84.6 cm³/mol. The maximum atomic E-state index is 12.0. The van der Waals surface area contributed by atoms with Gasteiger partial charge in [0.2, 0.25) is 0 Å². The van der Waals surface area contributed by atoms with Crippen molar-refractivity contribution in [3.63, 3.8) is 0 Å². The van der Waals surface area contributed by atoms with E-state index in [-0.39, 0.29) is 0 Å². The third-order valence-corrected chi connectivity index (χ3v) is 4.33. The molecule has 4 atom stereocenters. The highest BCUT2D eigenvalue weighted by atomic mass is 31.2. The lowest BCUT2D eigenvalue weighted by Gasteiger charge is -2.24. The van der Waals surface area contributed by atoms with Crippen LogP contribution in [0, 0.1) is 0 Å². The smallest absolute Gasteiger partial charge is 0.439 e. The predicted octanol–water partition coefficient (Wildman–Crippen LogP) is -2.51. The SMILES string of the molecule is NC(=O)O[C@@H]1[C@H](OP(=O)(O)O)[C@@H](COP(=O)(O)O)O[C@H]1n1ccc(=O)[nH]c1=O. The van der Waals surface area contributed by atoms with Crippen molar-refractivity contribution in [3.8, 4) is 0 Å². The summed E-state index contributed by atoms with van der Waals surface area (Å²) in [7, 11) is -10.3. The summed E-state index contributed by atoms with van der Waals surface area (Å²) in [6, 6.07) is 0.893. The second-order valence-corrected chi connectivity index (χ2v) is 7.76. The first-order valence-electron chi connectivity index (χ1n) is 7.14. The van der Waals surface area contributed by atoms with Gasteiger partial charge in [-0.1, -0.05) is 0 Å². The Bertz CT molecular complexity index is 931. The molecule has 0 saturated carbocycles. The first kappa shape index (κ1) is 22.4. The molecule has 28 heavy (non-hydrogen) atoms. The number of carbonyl (C=O) groups is 1. The molecule has 1 aromatic heterocycles. The summed E-state index contributed by atoms with van der Waals surface area (Å²) in [4.78, 5) is 72.0. The highest BCUT2D eigenvalue weighted by molar-refractivity contribution is 7.46. The molecule has 18 heteroatoms. The van der Waals surface area contributed by atoms with Gasteiger partial charge in [0.15, 0.2) is 12.3 Å². The van der Waals surface area contributed by atoms with Gasteiger partial charge in [-0.25, -0.2) is 18.7 Å². The topological polar surface area (TPSA) is 250 Å². The second-order valence-electron chi connectivity index (χ2n) is 5.33. The number of carbonyl (C=O) groups excluding carboxylic acids is 1. The molecule has 158 valence electrons. The Morgan fingerprint density at radius 1 is 1.21 bits per heavy atom. The quantitative estimate of drug-likeness (QED) is 0.236. The number of ether oxygens (including phenoxy) is 2. The molecule has 0 aromatic carbocycles. The van der Waals surface area contributed by atoms with Crippen LogP contribution in [0.2, 0.25) is 0 Å². The molecule has 1 aromatic rings. The van der Waals surface area contributed by atoms with Crippen LogP contribution in [0.25, 0.3) is 0 Å². The lowest BCUT2D eigenvalue weighted by molar-refractivity contribution is -0.0555. The zero-order valence-electron chi connectivity index (χ0n) is 13.6. The summed E-state index contributed by atoms with van der Waals surface area (Å²) in [5.74, 6) is 0. The lowest BCUT2D eigenvalue weighted by Crippen LogP contribution is -2.42. The average molecular weight is 447 g/mol. The summed E-state index contributed by atoms with van der Waals surface area (Å²) < 4.78 is 41.6. The van der Waals surface area contributed by atoms with Gasteiger partial charge in [0.05, 0.1) is 6.61 Å². The molecular formula is C10H15N3O13P2. The molecular weight excluding hydrogens is 432 g/mol. The van der Waals surface area contributed by atoms with E-state index in [1.54, 1.807) is 0 Å². The van der Waals surface area contributed by atoms with Gasteiger partial charge in [-0.3, -0.25) is 23.4 Å².